The SMILES string of the molecule is C=CCCOCCNS(=O)(=O)c1cc(N)ccc1OCC. The van der Waals surface area contributed by atoms with Crippen molar-refractivity contribution in [1.29, 1.82) is 0 Å². The molecule has 1 aromatic carbocycles. The van der Waals surface area contributed by atoms with Crippen LogP contribution in [0.25, 0.3) is 0 Å². The topological polar surface area (TPSA) is 90.7 Å². The molecule has 0 saturated heterocycles. The Labute approximate surface area is 126 Å². The van der Waals surface area contributed by atoms with E-state index in [1.807, 2.05) is 0 Å². The summed E-state index contributed by atoms with van der Waals surface area (Å²) in [6.45, 7) is 6.73. The number of nitrogens with one attached hydrogen (secondary N) is 1. The van der Waals surface area contributed by atoms with Crippen molar-refractivity contribution >= 4 is 15.7 Å². The third-order valence-electron chi connectivity index (χ3n) is 2.56. The largest absolute Gasteiger partial charge is 0.492 e. The molecule has 0 fully saturated rings. The summed E-state index contributed by atoms with van der Waals surface area (Å²) in [5.74, 6) is 0.284. The Balaban J connectivity index is 2.69. The molecule has 0 bridgehead atoms. The molecule has 0 aliphatic heterocycles. The molecule has 0 atom stereocenters. The molecule has 21 heavy (non-hydrogen) atoms. The van der Waals surface area contributed by atoms with Gasteiger partial charge in [0.05, 0.1) is 19.8 Å². The molecule has 0 aliphatic carbocycles. The average Bonchev–Trinajstić information content (AvgIpc) is 2.45. The number of rotatable bonds is 10. The monoisotopic (exact) mass is 314 g/mol. The van der Waals surface area contributed by atoms with Gasteiger partial charge in [-0.05, 0) is 31.5 Å². The second kappa shape index (κ2) is 8.66. The average molecular weight is 314 g/mol. The zero-order chi connectivity index (χ0) is 15.7. The molecule has 0 amide bonds. The van der Waals surface area contributed by atoms with Gasteiger partial charge in [-0.1, -0.05) is 6.08 Å². The van der Waals surface area contributed by atoms with Crippen LogP contribution in [0.2, 0.25) is 0 Å². The van der Waals surface area contributed by atoms with Gasteiger partial charge in [0, 0.05) is 12.2 Å². The van der Waals surface area contributed by atoms with Crippen LogP contribution in [0, 0.1) is 0 Å². The predicted molar refractivity (Wildman–Crippen MR) is 82.8 cm³/mol. The highest BCUT2D eigenvalue weighted by molar-refractivity contribution is 7.89. The Morgan fingerprint density at radius 2 is 2.14 bits per heavy atom. The van der Waals surface area contributed by atoms with Crippen molar-refractivity contribution in [1.82, 2.24) is 4.72 Å². The summed E-state index contributed by atoms with van der Waals surface area (Å²) < 4.78 is 37.5. The van der Waals surface area contributed by atoms with E-state index in [4.69, 9.17) is 15.2 Å². The fourth-order valence-electron chi connectivity index (χ4n) is 1.60. The van der Waals surface area contributed by atoms with E-state index in [-0.39, 0.29) is 17.2 Å². The van der Waals surface area contributed by atoms with Crippen molar-refractivity contribution in [2.75, 3.05) is 32.1 Å². The first-order chi connectivity index (χ1) is 10.0. The summed E-state index contributed by atoms with van der Waals surface area (Å²) in [4.78, 5) is 0.0374. The number of ether oxygens (including phenoxy) is 2. The number of nitrogens with two attached hydrogens (primary N) is 1. The summed E-state index contributed by atoms with van der Waals surface area (Å²) in [5.41, 5.74) is 6.01. The minimum atomic E-state index is -3.68. The molecular formula is C14H22N2O4S. The summed E-state index contributed by atoms with van der Waals surface area (Å²) in [6, 6.07) is 4.53. The van der Waals surface area contributed by atoms with Crippen molar-refractivity contribution < 1.29 is 17.9 Å². The highest BCUT2D eigenvalue weighted by Gasteiger charge is 2.19. The van der Waals surface area contributed by atoms with Crippen molar-refractivity contribution in [3.63, 3.8) is 0 Å². The quantitative estimate of drug-likeness (QED) is 0.388. The number of hydrogen-bond donors (Lipinski definition) is 2. The number of benzene rings is 1. The van der Waals surface area contributed by atoms with E-state index in [9.17, 15) is 8.42 Å². The lowest BCUT2D eigenvalue weighted by Gasteiger charge is -2.12. The molecule has 0 heterocycles. The second-order valence-corrected chi connectivity index (χ2v) is 5.96. The van der Waals surface area contributed by atoms with Gasteiger partial charge in [-0.15, -0.1) is 6.58 Å². The molecular weight excluding hydrogens is 292 g/mol. The van der Waals surface area contributed by atoms with Crippen molar-refractivity contribution in [2.45, 2.75) is 18.2 Å². The lowest BCUT2D eigenvalue weighted by atomic mass is 10.3. The van der Waals surface area contributed by atoms with Crippen LogP contribution in [-0.4, -0.2) is 34.8 Å². The summed E-state index contributed by atoms with van der Waals surface area (Å²) in [5, 5.41) is 0. The van der Waals surface area contributed by atoms with Crippen LogP contribution >= 0.6 is 0 Å². The molecule has 0 radical (unpaired) electrons. The lowest BCUT2D eigenvalue weighted by Crippen LogP contribution is -2.28. The van der Waals surface area contributed by atoms with Crippen LogP contribution in [0.15, 0.2) is 35.7 Å². The maximum Gasteiger partial charge on any atom is 0.244 e. The minimum Gasteiger partial charge on any atom is -0.492 e. The van der Waals surface area contributed by atoms with Gasteiger partial charge in [-0.25, -0.2) is 13.1 Å². The molecule has 0 aliphatic rings. The third-order valence-corrected chi connectivity index (χ3v) is 4.04. The van der Waals surface area contributed by atoms with Crippen LogP contribution in [0.1, 0.15) is 13.3 Å². The maximum absolute atomic E-state index is 12.3. The minimum absolute atomic E-state index is 0.0374. The molecule has 6 nitrogen and oxygen atoms in total. The van der Waals surface area contributed by atoms with Gasteiger partial charge in [-0.3, -0.25) is 0 Å². The zero-order valence-corrected chi connectivity index (χ0v) is 13.0. The van der Waals surface area contributed by atoms with E-state index in [0.29, 0.717) is 25.5 Å². The van der Waals surface area contributed by atoms with Crippen LogP contribution in [0.5, 0.6) is 5.75 Å². The van der Waals surface area contributed by atoms with Crippen LogP contribution in [0.3, 0.4) is 0 Å². The van der Waals surface area contributed by atoms with Gasteiger partial charge in [-0.2, -0.15) is 0 Å². The molecule has 0 unspecified atom stereocenters. The fourth-order valence-corrected chi connectivity index (χ4v) is 2.79. The highest BCUT2D eigenvalue weighted by atomic mass is 32.2. The molecule has 1 aromatic rings. The second-order valence-electron chi connectivity index (χ2n) is 4.23. The first-order valence-electron chi connectivity index (χ1n) is 6.72. The van der Waals surface area contributed by atoms with Crippen LogP contribution < -0.4 is 15.2 Å². The van der Waals surface area contributed by atoms with E-state index >= 15 is 0 Å². The molecule has 118 valence electrons. The number of sulfonamides is 1. The Kier molecular flexibility index (Phi) is 7.21. The van der Waals surface area contributed by atoms with Crippen molar-refractivity contribution in [2.24, 2.45) is 0 Å². The molecule has 0 saturated carbocycles. The van der Waals surface area contributed by atoms with Crippen LogP contribution in [-0.2, 0) is 14.8 Å². The van der Waals surface area contributed by atoms with Gasteiger partial charge in [0.2, 0.25) is 10.0 Å². The van der Waals surface area contributed by atoms with E-state index in [1.165, 1.54) is 6.07 Å². The Hall–Kier alpha value is -1.57. The van der Waals surface area contributed by atoms with Gasteiger partial charge < -0.3 is 15.2 Å². The first-order valence-corrected chi connectivity index (χ1v) is 8.20. The summed E-state index contributed by atoms with van der Waals surface area (Å²) in [6.07, 6.45) is 2.47. The first kappa shape index (κ1) is 17.5. The smallest absolute Gasteiger partial charge is 0.244 e. The van der Waals surface area contributed by atoms with Gasteiger partial charge >= 0.3 is 0 Å². The van der Waals surface area contributed by atoms with E-state index in [2.05, 4.69) is 11.3 Å². The van der Waals surface area contributed by atoms with Gasteiger partial charge in [0.1, 0.15) is 10.6 Å². The Morgan fingerprint density at radius 3 is 2.81 bits per heavy atom. The van der Waals surface area contributed by atoms with Crippen molar-refractivity contribution in [3.05, 3.63) is 30.9 Å². The maximum atomic E-state index is 12.3. The molecule has 3 N–H and O–H groups in total. The van der Waals surface area contributed by atoms with E-state index in [0.717, 1.165) is 6.42 Å². The van der Waals surface area contributed by atoms with Gasteiger partial charge in [0.25, 0.3) is 0 Å². The zero-order valence-electron chi connectivity index (χ0n) is 12.2. The number of hydrogen-bond acceptors (Lipinski definition) is 5. The summed E-state index contributed by atoms with van der Waals surface area (Å²) >= 11 is 0. The summed E-state index contributed by atoms with van der Waals surface area (Å²) in [7, 11) is -3.68. The molecule has 1 rings (SSSR count). The standard InChI is InChI=1S/C14H22N2O4S/c1-3-5-9-19-10-8-16-21(17,18)14-11-12(15)6-7-13(14)20-4-2/h3,6-7,11,16H,1,4-5,8-10,15H2,2H3. The Bertz CT molecular complexity index is 558. The van der Waals surface area contributed by atoms with E-state index in [1.54, 1.807) is 25.1 Å². The highest BCUT2D eigenvalue weighted by Crippen LogP contribution is 2.25. The predicted octanol–water partition coefficient (Wildman–Crippen LogP) is 1.54. The number of anilines is 1. The van der Waals surface area contributed by atoms with Crippen LogP contribution in [0.4, 0.5) is 5.69 Å². The fraction of sp³-hybridized carbons (Fsp3) is 0.429. The number of nitrogen functional groups attached to an aromatic ring is 1. The normalized spacial score (nSPS) is 11.3. The molecule has 0 aromatic heterocycles. The van der Waals surface area contributed by atoms with Crippen molar-refractivity contribution in [3.8, 4) is 5.75 Å². The Morgan fingerprint density at radius 1 is 1.38 bits per heavy atom. The molecule has 7 heteroatoms. The van der Waals surface area contributed by atoms with E-state index < -0.39 is 10.0 Å². The lowest BCUT2D eigenvalue weighted by molar-refractivity contribution is 0.144. The third kappa shape index (κ3) is 5.74. The molecule has 0 spiro atoms. The van der Waals surface area contributed by atoms with Gasteiger partial charge in [0.15, 0.2) is 0 Å².